The van der Waals surface area contributed by atoms with Crippen molar-refractivity contribution in [3.63, 3.8) is 0 Å². The number of ether oxygens (including phenoxy) is 1. The number of piperazine rings is 1. The van der Waals surface area contributed by atoms with Gasteiger partial charge in [0.05, 0.1) is 17.3 Å². The molecule has 0 atom stereocenters. The SMILES string of the molecule is CCOc1ccc(NS(=O)(=O)c2cc(C(=O)N3CCN(c4ccccc4O)CC3)ccc2Cl)cc1. The fourth-order valence-corrected chi connectivity index (χ4v) is 5.49. The Hall–Kier alpha value is -3.43. The highest BCUT2D eigenvalue weighted by atomic mass is 35.5. The summed E-state index contributed by atoms with van der Waals surface area (Å²) in [6.45, 7) is 4.32. The Morgan fingerprint density at radius 1 is 1.03 bits per heavy atom. The molecule has 0 spiro atoms. The molecule has 35 heavy (non-hydrogen) atoms. The number of nitrogens with one attached hydrogen (secondary N) is 1. The minimum Gasteiger partial charge on any atom is -0.506 e. The Morgan fingerprint density at radius 2 is 1.71 bits per heavy atom. The van der Waals surface area contributed by atoms with Crippen LogP contribution in [0.25, 0.3) is 0 Å². The van der Waals surface area contributed by atoms with Crippen LogP contribution in [0.5, 0.6) is 11.5 Å². The molecule has 1 saturated heterocycles. The van der Waals surface area contributed by atoms with Gasteiger partial charge in [0, 0.05) is 37.4 Å². The van der Waals surface area contributed by atoms with Crippen molar-refractivity contribution >= 4 is 38.9 Å². The summed E-state index contributed by atoms with van der Waals surface area (Å²) < 4.78 is 33.9. The Balaban J connectivity index is 1.47. The lowest BCUT2D eigenvalue weighted by molar-refractivity contribution is 0.0746. The highest BCUT2D eigenvalue weighted by molar-refractivity contribution is 7.92. The molecule has 1 heterocycles. The average Bonchev–Trinajstić information content (AvgIpc) is 2.85. The molecule has 1 aliphatic heterocycles. The zero-order valence-corrected chi connectivity index (χ0v) is 20.7. The lowest BCUT2D eigenvalue weighted by Crippen LogP contribution is -2.48. The van der Waals surface area contributed by atoms with Crippen LogP contribution in [-0.4, -0.2) is 57.1 Å². The molecule has 1 aliphatic rings. The van der Waals surface area contributed by atoms with E-state index in [2.05, 4.69) is 4.72 Å². The third-order valence-electron chi connectivity index (χ3n) is 5.67. The Kier molecular flexibility index (Phi) is 7.37. The summed E-state index contributed by atoms with van der Waals surface area (Å²) in [6, 6.07) is 17.8. The van der Waals surface area contributed by atoms with Crippen LogP contribution in [0.1, 0.15) is 17.3 Å². The summed E-state index contributed by atoms with van der Waals surface area (Å²) in [4.78, 5) is 16.6. The van der Waals surface area contributed by atoms with Crippen molar-refractivity contribution in [2.24, 2.45) is 0 Å². The maximum absolute atomic E-state index is 13.1. The van der Waals surface area contributed by atoms with Gasteiger partial charge in [-0.3, -0.25) is 9.52 Å². The number of phenols is 1. The average molecular weight is 516 g/mol. The molecule has 0 aliphatic carbocycles. The number of para-hydroxylation sites is 2. The van der Waals surface area contributed by atoms with Crippen LogP contribution in [0.4, 0.5) is 11.4 Å². The number of phenolic OH excluding ortho intramolecular Hbond substituents is 1. The topological polar surface area (TPSA) is 99.2 Å². The smallest absolute Gasteiger partial charge is 0.263 e. The maximum atomic E-state index is 13.1. The molecule has 8 nitrogen and oxygen atoms in total. The van der Waals surface area contributed by atoms with E-state index in [1.54, 1.807) is 41.3 Å². The fourth-order valence-electron chi connectivity index (χ4n) is 3.90. The summed E-state index contributed by atoms with van der Waals surface area (Å²) in [7, 11) is -4.03. The van der Waals surface area contributed by atoms with E-state index in [0.717, 1.165) is 5.69 Å². The number of amides is 1. The second kappa shape index (κ2) is 10.5. The number of hydrogen-bond acceptors (Lipinski definition) is 6. The zero-order valence-electron chi connectivity index (χ0n) is 19.1. The Labute approximate surface area is 209 Å². The lowest BCUT2D eigenvalue weighted by atomic mass is 10.1. The van der Waals surface area contributed by atoms with Gasteiger partial charge in [-0.2, -0.15) is 0 Å². The first-order valence-corrected chi connectivity index (χ1v) is 13.0. The van der Waals surface area contributed by atoms with E-state index in [1.165, 1.54) is 18.2 Å². The van der Waals surface area contributed by atoms with Crippen LogP contribution in [0.15, 0.2) is 71.6 Å². The van der Waals surface area contributed by atoms with E-state index < -0.39 is 10.0 Å². The van der Waals surface area contributed by atoms with Gasteiger partial charge < -0.3 is 19.6 Å². The molecule has 3 aromatic carbocycles. The normalized spacial score (nSPS) is 14.0. The van der Waals surface area contributed by atoms with Crippen molar-refractivity contribution in [3.05, 3.63) is 77.3 Å². The molecule has 10 heteroatoms. The lowest BCUT2D eigenvalue weighted by Gasteiger charge is -2.36. The van der Waals surface area contributed by atoms with Crippen molar-refractivity contribution in [2.45, 2.75) is 11.8 Å². The summed E-state index contributed by atoms with van der Waals surface area (Å²) >= 11 is 6.21. The number of rotatable bonds is 7. The van der Waals surface area contributed by atoms with E-state index >= 15 is 0 Å². The van der Waals surface area contributed by atoms with Crippen LogP contribution in [0, 0.1) is 0 Å². The van der Waals surface area contributed by atoms with Crippen molar-refractivity contribution in [1.29, 1.82) is 0 Å². The standard InChI is InChI=1S/C25H26ClN3O5S/c1-2-34-20-10-8-19(9-11-20)27-35(32,33)24-17-18(7-12-21(24)26)25(31)29-15-13-28(14-16-29)22-5-3-4-6-23(22)30/h3-12,17,27,30H,2,13-16H2,1H3. The molecule has 0 saturated carbocycles. The molecule has 0 aromatic heterocycles. The van der Waals surface area contributed by atoms with Crippen LogP contribution < -0.4 is 14.4 Å². The number of nitrogens with zero attached hydrogens (tertiary/aromatic N) is 2. The molecule has 3 aromatic rings. The van der Waals surface area contributed by atoms with Crippen molar-refractivity contribution in [2.75, 3.05) is 42.4 Å². The molecular formula is C25H26ClN3O5S. The van der Waals surface area contributed by atoms with Crippen molar-refractivity contribution in [1.82, 2.24) is 4.90 Å². The molecule has 1 amide bonds. The highest BCUT2D eigenvalue weighted by Crippen LogP contribution is 2.29. The van der Waals surface area contributed by atoms with Gasteiger partial charge in [-0.05, 0) is 61.5 Å². The third-order valence-corrected chi connectivity index (χ3v) is 7.54. The molecule has 2 N–H and O–H groups in total. The second-order valence-electron chi connectivity index (χ2n) is 7.98. The van der Waals surface area contributed by atoms with E-state index in [1.807, 2.05) is 24.0 Å². The van der Waals surface area contributed by atoms with E-state index in [4.69, 9.17) is 16.3 Å². The first-order chi connectivity index (χ1) is 16.8. The van der Waals surface area contributed by atoms with Crippen molar-refractivity contribution < 1.29 is 23.1 Å². The van der Waals surface area contributed by atoms with Gasteiger partial charge in [-0.1, -0.05) is 23.7 Å². The summed E-state index contributed by atoms with van der Waals surface area (Å²) in [6.07, 6.45) is 0. The minimum atomic E-state index is -4.03. The predicted molar refractivity (Wildman–Crippen MR) is 136 cm³/mol. The van der Waals surface area contributed by atoms with Crippen molar-refractivity contribution in [3.8, 4) is 11.5 Å². The van der Waals surface area contributed by atoms with Gasteiger partial charge in [0.25, 0.3) is 15.9 Å². The predicted octanol–water partition coefficient (Wildman–Crippen LogP) is 4.21. The van der Waals surface area contributed by atoms with Gasteiger partial charge in [0.15, 0.2) is 0 Å². The first-order valence-electron chi connectivity index (χ1n) is 11.2. The monoisotopic (exact) mass is 515 g/mol. The number of benzene rings is 3. The number of sulfonamides is 1. The van der Waals surface area contributed by atoms with E-state index in [-0.39, 0.29) is 27.1 Å². The van der Waals surface area contributed by atoms with Crippen LogP contribution in [0.2, 0.25) is 5.02 Å². The number of carbonyl (C=O) groups excluding carboxylic acids is 1. The van der Waals surface area contributed by atoms with Gasteiger partial charge in [-0.15, -0.1) is 0 Å². The second-order valence-corrected chi connectivity index (χ2v) is 10.0. The Morgan fingerprint density at radius 3 is 2.37 bits per heavy atom. The molecular weight excluding hydrogens is 490 g/mol. The van der Waals surface area contributed by atoms with Crippen LogP contribution in [0.3, 0.4) is 0 Å². The van der Waals surface area contributed by atoms with E-state index in [0.29, 0.717) is 44.2 Å². The number of carbonyl (C=O) groups is 1. The number of hydrogen-bond donors (Lipinski definition) is 2. The molecule has 0 bridgehead atoms. The number of aromatic hydroxyl groups is 1. The van der Waals surface area contributed by atoms with Crippen LogP contribution >= 0.6 is 11.6 Å². The van der Waals surface area contributed by atoms with Crippen LogP contribution in [-0.2, 0) is 10.0 Å². The molecule has 0 unspecified atom stereocenters. The van der Waals surface area contributed by atoms with E-state index in [9.17, 15) is 18.3 Å². The summed E-state index contributed by atoms with van der Waals surface area (Å²) in [5, 5.41) is 10.1. The van der Waals surface area contributed by atoms with Gasteiger partial charge in [0.2, 0.25) is 0 Å². The fraction of sp³-hybridized carbons (Fsp3) is 0.240. The first kappa shape index (κ1) is 24.7. The van der Waals surface area contributed by atoms with Gasteiger partial charge in [0.1, 0.15) is 16.4 Å². The molecule has 1 fully saturated rings. The molecule has 4 rings (SSSR count). The minimum absolute atomic E-state index is 0.0179. The number of anilines is 2. The van der Waals surface area contributed by atoms with Gasteiger partial charge in [-0.25, -0.2) is 8.42 Å². The largest absolute Gasteiger partial charge is 0.506 e. The third kappa shape index (κ3) is 5.63. The molecule has 0 radical (unpaired) electrons. The Bertz CT molecular complexity index is 1310. The highest BCUT2D eigenvalue weighted by Gasteiger charge is 2.26. The molecule has 184 valence electrons. The number of halogens is 1. The zero-order chi connectivity index (χ0) is 25.0. The quantitative estimate of drug-likeness (QED) is 0.489. The van der Waals surface area contributed by atoms with Gasteiger partial charge >= 0.3 is 0 Å². The maximum Gasteiger partial charge on any atom is 0.263 e. The summed E-state index contributed by atoms with van der Waals surface area (Å²) in [5.41, 5.74) is 1.30. The summed E-state index contributed by atoms with van der Waals surface area (Å²) in [5.74, 6) is 0.541.